The van der Waals surface area contributed by atoms with Crippen LogP contribution in [0.25, 0.3) is 0 Å². The van der Waals surface area contributed by atoms with Crippen LogP contribution in [0.3, 0.4) is 0 Å². The van der Waals surface area contributed by atoms with Crippen LogP contribution in [0.4, 0.5) is 0 Å². The molecule has 28 heavy (non-hydrogen) atoms. The molecule has 0 saturated heterocycles. The number of carbonyl (C=O) groups is 2. The van der Waals surface area contributed by atoms with Crippen molar-refractivity contribution in [1.29, 1.82) is 5.26 Å². The lowest BCUT2D eigenvalue weighted by molar-refractivity contribution is -0.121. The second-order valence-corrected chi connectivity index (χ2v) is 5.60. The van der Waals surface area contributed by atoms with Gasteiger partial charge in [-0.15, -0.1) is 0 Å². The summed E-state index contributed by atoms with van der Waals surface area (Å²) in [6.07, 6.45) is 1.41. The van der Waals surface area contributed by atoms with Gasteiger partial charge in [0.05, 0.1) is 18.9 Å². The molecule has 0 fully saturated rings. The molecular formula is C20H20N4O4. The van der Waals surface area contributed by atoms with Crippen LogP contribution in [0, 0.1) is 11.3 Å². The molecular weight excluding hydrogens is 360 g/mol. The van der Waals surface area contributed by atoms with Crippen molar-refractivity contribution < 1.29 is 19.1 Å². The average molecular weight is 380 g/mol. The van der Waals surface area contributed by atoms with E-state index in [0.717, 1.165) is 0 Å². The molecule has 0 spiro atoms. The van der Waals surface area contributed by atoms with E-state index in [9.17, 15) is 14.9 Å². The van der Waals surface area contributed by atoms with Crippen LogP contribution in [-0.2, 0) is 9.59 Å². The quantitative estimate of drug-likeness (QED) is 0.506. The number of carbonyl (C=O) groups excluding carboxylic acids is 2. The van der Waals surface area contributed by atoms with E-state index >= 15 is 0 Å². The number of ether oxygens (including phenoxy) is 2. The van der Waals surface area contributed by atoms with Gasteiger partial charge in [0.1, 0.15) is 0 Å². The Morgan fingerprint density at radius 3 is 2.61 bits per heavy atom. The van der Waals surface area contributed by atoms with Gasteiger partial charge in [-0.25, -0.2) is 5.43 Å². The molecule has 2 aromatic rings. The lowest BCUT2D eigenvalue weighted by Gasteiger charge is -2.11. The number of hydrazone groups is 1. The minimum Gasteiger partial charge on any atom is -0.490 e. The molecule has 2 aromatic carbocycles. The van der Waals surface area contributed by atoms with Crippen molar-refractivity contribution >= 4 is 18.0 Å². The molecule has 0 aliphatic rings. The fourth-order valence-electron chi connectivity index (χ4n) is 2.31. The second-order valence-electron chi connectivity index (χ2n) is 5.60. The molecule has 0 aliphatic heterocycles. The van der Waals surface area contributed by atoms with Gasteiger partial charge in [0.2, 0.25) is 0 Å². The molecule has 0 bridgehead atoms. The molecule has 0 unspecified atom stereocenters. The molecule has 2 amide bonds. The van der Waals surface area contributed by atoms with Crippen LogP contribution in [0.15, 0.2) is 53.6 Å². The van der Waals surface area contributed by atoms with Crippen molar-refractivity contribution in [2.75, 3.05) is 13.2 Å². The van der Waals surface area contributed by atoms with Gasteiger partial charge < -0.3 is 15.2 Å². The standard InChI is InChI=1S/C20H20N4O4/c1-2-27-18-10-14(8-9-17(18)28-13-19(22)25)12-23-24-20(26)16(11-21)15-6-4-3-5-7-15/h3-10,12,16H,2,13H2,1H3,(H2,22,25)(H,24,26)/b23-12-/t16-/m0/s1. The maximum Gasteiger partial charge on any atom is 0.261 e. The smallest absolute Gasteiger partial charge is 0.261 e. The Morgan fingerprint density at radius 1 is 1.21 bits per heavy atom. The molecule has 0 aromatic heterocycles. The van der Waals surface area contributed by atoms with Crippen LogP contribution in [-0.4, -0.2) is 31.2 Å². The minimum atomic E-state index is -0.957. The van der Waals surface area contributed by atoms with Gasteiger partial charge in [-0.2, -0.15) is 10.4 Å². The molecule has 0 heterocycles. The summed E-state index contributed by atoms with van der Waals surface area (Å²) in [6.45, 7) is 1.94. The highest BCUT2D eigenvalue weighted by Crippen LogP contribution is 2.28. The lowest BCUT2D eigenvalue weighted by Crippen LogP contribution is -2.24. The van der Waals surface area contributed by atoms with Gasteiger partial charge >= 0.3 is 0 Å². The topological polar surface area (TPSA) is 127 Å². The molecule has 144 valence electrons. The number of rotatable bonds is 9. The predicted octanol–water partition coefficient (Wildman–Crippen LogP) is 1.71. The number of nitriles is 1. The molecule has 2 rings (SSSR count). The zero-order chi connectivity index (χ0) is 20.4. The summed E-state index contributed by atoms with van der Waals surface area (Å²) in [5, 5.41) is 13.2. The van der Waals surface area contributed by atoms with Gasteiger partial charge in [-0.05, 0) is 36.2 Å². The van der Waals surface area contributed by atoms with E-state index in [1.54, 1.807) is 48.5 Å². The number of nitrogens with one attached hydrogen (secondary N) is 1. The van der Waals surface area contributed by atoms with Crippen LogP contribution in [0.2, 0.25) is 0 Å². The van der Waals surface area contributed by atoms with E-state index in [2.05, 4.69) is 10.5 Å². The second kappa shape index (κ2) is 10.3. The van der Waals surface area contributed by atoms with Gasteiger partial charge in [-0.1, -0.05) is 30.3 Å². The number of nitrogens with zero attached hydrogens (tertiary/aromatic N) is 2. The zero-order valence-electron chi connectivity index (χ0n) is 15.3. The third-order valence-electron chi connectivity index (χ3n) is 3.55. The van der Waals surface area contributed by atoms with Gasteiger partial charge in [0, 0.05) is 0 Å². The Bertz CT molecular complexity index is 891. The highest BCUT2D eigenvalue weighted by molar-refractivity contribution is 5.88. The molecule has 8 nitrogen and oxygen atoms in total. The van der Waals surface area contributed by atoms with E-state index in [1.807, 2.05) is 13.0 Å². The Balaban J connectivity index is 2.06. The van der Waals surface area contributed by atoms with Crippen molar-refractivity contribution in [2.45, 2.75) is 12.8 Å². The Kier molecular flexibility index (Phi) is 7.54. The summed E-state index contributed by atoms with van der Waals surface area (Å²) >= 11 is 0. The summed E-state index contributed by atoms with van der Waals surface area (Å²) in [5.74, 6) is -1.30. The van der Waals surface area contributed by atoms with E-state index in [-0.39, 0.29) is 6.61 Å². The summed E-state index contributed by atoms with van der Waals surface area (Å²) in [6, 6.07) is 15.6. The molecule has 0 aliphatic carbocycles. The summed E-state index contributed by atoms with van der Waals surface area (Å²) < 4.78 is 10.8. The number of nitrogens with two attached hydrogens (primary N) is 1. The first-order valence-electron chi connectivity index (χ1n) is 8.50. The number of amides is 2. The third kappa shape index (κ3) is 5.85. The molecule has 0 radical (unpaired) electrons. The first kappa shape index (κ1) is 20.5. The predicted molar refractivity (Wildman–Crippen MR) is 103 cm³/mol. The highest BCUT2D eigenvalue weighted by Gasteiger charge is 2.19. The number of benzene rings is 2. The number of hydrogen-bond donors (Lipinski definition) is 2. The van der Waals surface area contributed by atoms with E-state index in [4.69, 9.17) is 15.2 Å². The Labute approximate surface area is 162 Å². The van der Waals surface area contributed by atoms with Gasteiger partial charge in [-0.3, -0.25) is 9.59 Å². The first-order chi connectivity index (χ1) is 13.5. The van der Waals surface area contributed by atoms with Crippen molar-refractivity contribution in [3.63, 3.8) is 0 Å². The van der Waals surface area contributed by atoms with Crippen molar-refractivity contribution in [1.82, 2.24) is 5.43 Å². The lowest BCUT2D eigenvalue weighted by atomic mass is 10.0. The van der Waals surface area contributed by atoms with Crippen LogP contribution < -0.4 is 20.6 Å². The first-order valence-corrected chi connectivity index (χ1v) is 8.50. The molecule has 0 saturated carbocycles. The van der Waals surface area contributed by atoms with E-state index in [0.29, 0.717) is 29.2 Å². The monoisotopic (exact) mass is 380 g/mol. The molecule has 8 heteroatoms. The number of primary amides is 1. The largest absolute Gasteiger partial charge is 0.490 e. The fraction of sp³-hybridized carbons (Fsp3) is 0.200. The van der Waals surface area contributed by atoms with Crippen molar-refractivity contribution in [2.24, 2.45) is 10.8 Å². The van der Waals surface area contributed by atoms with Crippen LogP contribution in [0.5, 0.6) is 11.5 Å². The summed E-state index contributed by atoms with van der Waals surface area (Å²) in [7, 11) is 0. The SMILES string of the molecule is CCOc1cc(/C=N\NC(=O)[C@@H](C#N)c2ccccc2)ccc1OCC(N)=O. The molecule has 1 atom stereocenters. The van der Waals surface area contributed by atoms with Gasteiger partial charge in [0.25, 0.3) is 11.8 Å². The summed E-state index contributed by atoms with van der Waals surface area (Å²) in [4.78, 5) is 23.1. The van der Waals surface area contributed by atoms with E-state index in [1.165, 1.54) is 6.21 Å². The normalized spacial score (nSPS) is 11.4. The van der Waals surface area contributed by atoms with Crippen molar-refractivity contribution in [3.05, 3.63) is 59.7 Å². The fourth-order valence-corrected chi connectivity index (χ4v) is 2.31. The Hall–Kier alpha value is -3.86. The van der Waals surface area contributed by atoms with Crippen LogP contribution in [0.1, 0.15) is 24.0 Å². The maximum absolute atomic E-state index is 12.2. The highest BCUT2D eigenvalue weighted by atomic mass is 16.5. The maximum atomic E-state index is 12.2. The van der Waals surface area contributed by atoms with Crippen LogP contribution >= 0.6 is 0 Å². The number of hydrogen-bond acceptors (Lipinski definition) is 6. The summed E-state index contributed by atoms with van der Waals surface area (Å²) in [5.41, 5.74) is 8.66. The average Bonchev–Trinajstić information content (AvgIpc) is 2.69. The van der Waals surface area contributed by atoms with Gasteiger partial charge in [0.15, 0.2) is 24.0 Å². The van der Waals surface area contributed by atoms with Crippen molar-refractivity contribution in [3.8, 4) is 17.6 Å². The Morgan fingerprint density at radius 2 is 1.96 bits per heavy atom. The minimum absolute atomic E-state index is 0.265. The molecule has 3 N–H and O–H groups in total. The van der Waals surface area contributed by atoms with E-state index < -0.39 is 17.7 Å². The third-order valence-corrected chi connectivity index (χ3v) is 3.55. The zero-order valence-corrected chi connectivity index (χ0v) is 15.3.